The van der Waals surface area contributed by atoms with Crippen molar-refractivity contribution < 1.29 is 8.42 Å². The third kappa shape index (κ3) is 2.67. The first kappa shape index (κ1) is 17.0. The van der Waals surface area contributed by atoms with Crippen LogP contribution in [0.1, 0.15) is 36.1 Å². The summed E-state index contributed by atoms with van der Waals surface area (Å²) in [5, 5.41) is 7.51. The zero-order valence-corrected chi connectivity index (χ0v) is 15.8. The van der Waals surface area contributed by atoms with Gasteiger partial charge in [0, 0.05) is 18.9 Å². The second-order valence-corrected chi connectivity index (χ2v) is 8.66. The van der Waals surface area contributed by atoms with Gasteiger partial charge in [0.2, 0.25) is 9.84 Å². The largest absolute Gasteiger partial charge is 0.370 e. The fourth-order valence-electron chi connectivity index (χ4n) is 3.62. The molecule has 0 radical (unpaired) electrons. The molecule has 2 heterocycles. The molecule has 3 aromatic rings. The van der Waals surface area contributed by atoms with E-state index in [1.807, 2.05) is 19.2 Å². The van der Waals surface area contributed by atoms with Crippen LogP contribution in [0.25, 0.3) is 5.65 Å². The first-order valence-corrected chi connectivity index (χ1v) is 10.4. The minimum Gasteiger partial charge on any atom is -0.370 e. The van der Waals surface area contributed by atoms with Crippen LogP contribution in [0.15, 0.2) is 40.3 Å². The molecule has 26 heavy (non-hydrogen) atoms. The van der Waals surface area contributed by atoms with Gasteiger partial charge in [-0.3, -0.25) is 0 Å². The average Bonchev–Trinajstić information content (AvgIpc) is 2.85. The number of anilines is 1. The van der Waals surface area contributed by atoms with Crippen LogP contribution in [0.4, 0.5) is 5.82 Å². The number of sulfone groups is 1. The van der Waals surface area contributed by atoms with Crippen molar-refractivity contribution in [3.63, 3.8) is 0 Å². The number of aromatic nitrogens is 3. The van der Waals surface area contributed by atoms with E-state index in [-0.39, 0.29) is 9.79 Å². The predicted molar refractivity (Wildman–Crippen MR) is 100 cm³/mol. The van der Waals surface area contributed by atoms with Crippen molar-refractivity contribution in [1.29, 1.82) is 0 Å². The SMILES string of the molecule is CNc1nn2c3c(cnc2c1S(=O)(=O)c1cccc(C)c1)CCCCC3. The van der Waals surface area contributed by atoms with Crippen LogP contribution in [0.5, 0.6) is 0 Å². The summed E-state index contributed by atoms with van der Waals surface area (Å²) in [6.07, 6.45) is 7.07. The molecule has 6 nitrogen and oxygen atoms in total. The van der Waals surface area contributed by atoms with Crippen molar-refractivity contribution >= 4 is 21.3 Å². The van der Waals surface area contributed by atoms with E-state index in [1.54, 1.807) is 29.8 Å². The van der Waals surface area contributed by atoms with Crippen molar-refractivity contribution in [2.75, 3.05) is 12.4 Å². The molecule has 1 N–H and O–H groups in total. The molecule has 0 bridgehead atoms. The van der Waals surface area contributed by atoms with Crippen molar-refractivity contribution in [1.82, 2.24) is 14.6 Å². The van der Waals surface area contributed by atoms with E-state index < -0.39 is 9.84 Å². The van der Waals surface area contributed by atoms with Gasteiger partial charge in [-0.2, -0.15) is 0 Å². The maximum absolute atomic E-state index is 13.3. The minimum absolute atomic E-state index is 0.151. The Hall–Kier alpha value is -2.41. The Labute approximate surface area is 153 Å². The molecule has 0 saturated carbocycles. The minimum atomic E-state index is -3.73. The van der Waals surface area contributed by atoms with Gasteiger partial charge < -0.3 is 5.32 Å². The summed E-state index contributed by atoms with van der Waals surface area (Å²) in [6.45, 7) is 1.88. The number of rotatable bonds is 3. The van der Waals surface area contributed by atoms with Crippen LogP contribution in [0, 0.1) is 6.92 Å². The van der Waals surface area contributed by atoms with E-state index in [4.69, 9.17) is 0 Å². The average molecular weight is 370 g/mol. The van der Waals surface area contributed by atoms with E-state index in [9.17, 15) is 8.42 Å². The molecular formula is C19H22N4O2S. The Bertz CT molecular complexity index is 1090. The molecule has 4 rings (SSSR count). The molecule has 2 aromatic heterocycles. The van der Waals surface area contributed by atoms with E-state index in [0.29, 0.717) is 11.5 Å². The monoisotopic (exact) mass is 370 g/mol. The highest BCUT2D eigenvalue weighted by Crippen LogP contribution is 2.32. The normalized spacial score (nSPS) is 14.8. The van der Waals surface area contributed by atoms with Crippen LogP contribution in [-0.4, -0.2) is 30.1 Å². The van der Waals surface area contributed by atoms with Gasteiger partial charge in [-0.05, 0) is 55.9 Å². The molecular weight excluding hydrogens is 348 g/mol. The van der Waals surface area contributed by atoms with Crippen LogP contribution in [0.2, 0.25) is 0 Å². The molecule has 0 fully saturated rings. The van der Waals surface area contributed by atoms with Gasteiger partial charge in [0.1, 0.15) is 0 Å². The Balaban J connectivity index is 1.99. The van der Waals surface area contributed by atoms with Crippen LogP contribution >= 0.6 is 0 Å². The number of benzene rings is 1. The molecule has 0 atom stereocenters. The fraction of sp³-hybridized carbons (Fsp3) is 0.368. The van der Waals surface area contributed by atoms with E-state index in [2.05, 4.69) is 15.4 Å². The lowest BCUT2D eigenvalue weighted by molar-refractivity contribution is 0.597. The summed E-state index contributed by atoms with van der Waals surface area (Å²) in [5.41, 5.74) is 3.54. The van der Waals surface area contributed by atoms with Crippen LogP contribution < -0.4 is 5.32 Å². The zero-order chi connectivity index (χ0) is 18.3. The quantitative estimate of drug-likeness (QED) is 0.717. The summed E-state index contributed by atoms with van der Waals surface area (Å²) >= 11 is 0. The Kier molecular flexibility index (Phi) is 4.19. The molecule has 0 unspecified atom stereocenters. The Morgan fingerprint density at radius 3 is 2.73 bits per heavy atom. The van der Waals surface area contributed by atoms with Crippen LogP contribution in [-0.2, 0) is 22.7 Å². The molecule has 0 aliphatic heterocycles. The highest BCUT2D eigenvalue weighted by molar-refractivity contribution is 7.91. The molecule has 0 amide bonds. The third-order valence-electron chi connectivity index (χ3n) is 4.95. The Morgan fingerprint density at radius 1 is 1.15 bits per heavy atom. The van der Waals surface area contributed by atoms with Gasteiger partial charge in [0.25, 0.3) is 0 Å². The van der Waals surface area contributed by atoms with Gasteiger partial charge in [0.15, 0.2) is 16.4 Å². The number of hydrogen-bond acceptors (Lipinski definition) is 5. The number of fused-ring (bicyclic) bond motifs is 3. The first-order chi connectivity index (χ1) is 12.5. The van der Waals surface area contributed by atoms with Crippen molar-refractivity contribution in [3.05, 3.63) is 47.3 Å². The summed E-state index contributed by atoms with van der Waals surface area (Å²) in [5.74, 6) is 0.344. The highest BCUT2D eigenvalue weighted by atomic mass is 32.2. The van der Waals surface area contributed by atoms with E-state index in [0.717, 1.165) is 36.9 Å². The molecule has 7 heteroatoms. The van der Waals surface area contributed by atoms with Gasteiger partial charge in [0.05, 0.1) is 4.90 Å². The second-order valence-electron chi connectivity index (χ2n) is 6.77. The summed E-state index contributed by atoms with van der Waals surface area (Å²) in [6, 6.07) is 6.94. The van der Waals surface area contributed by atoms with Gasteiger partial charge >= 0.3 is 0 Å². The molecule has 136 valence electrons. The lowest BCUT2D eigenvalue weighted by Gasteiger charge is -2.08. The first-order valence-electron chi connectivity index (χ1n) is 8.91. The van der Waals surface area contributed by atoms with Crippen molar-refractivity contribution in [2.45, 2.75) is 48.8 Å². The van der Waals surface area contributed by atoms with Crippen LogP contribution in [0.3, 0.4) is 0 Å². The lowest BCUT2D eigenvalue weighted by Crippen LogP contribution is -2.07. The number of nitrogens with one attached hydrogen (secondary N) is 1. The van der Waals surface area contributed by atoms with E-state index in [1.165, 1.54) is 12.0 Å². The smallest absolute Gasteiger partial charge is 0.214 e. The van der Waals surface area contributed by atoms with Crippen molar-refractivity contribution in [3.8, 4) is 0 Å². The zero-order valence-electron chi connectivity index (χ0n) is 15.0. The van der Waals surface area contributed by atoms with Gasteiger partial charge in [-0.25, -0.2) is 17.9 Å². The maximum Gasteiger partial charge on any atom is 0.214 e. The summed E-state index contributed by atoms with van der Waals surface area (Å²) < 4.78 is 28.4. The third-order valence-corrected chi connectivity index (χ3v) is 6.74. The summed E-state index contributed by atoms with van der Waals surface area (Å²) in [4.78, 5) is 4.92. The maximum atomic E-state index is 13.3. The molecule has 0 spiro atoms. The molecule has 1 aliphatic carbocycles. The molecule has 0 saturated heterocycles. The number of aryl methyl sites for hydroxylation is 3. The fourth-order valence-corrected chi connectivity index (χ4v) is 5.23. The topological polar surface area (TPSA) is 76.4 Å². The second kappa shape index (κ2) is 6.39. The number of nitrogens with zero attached hydrogens (tertiary/aromatic N) is 3. The standard InChI is InChI=1S/C19H22N4O2S/c1-13-7-6-9-15(11-13)26(24,25)17-18(20-2)22-23-16-10-5-3-4-8-14(16)12-21-19(17)23/h6-7,9,11-12H,3-5,8,10H2,1-2H3,(H,20,22). The summed E-state index contributed by atoms with van der Waals surface area (Å²) in [7, 11) is -2.04. The number of hydrogen-bond donors (Lipinski definition) is 1. The molecule has 1 aliphatic rings. The van der Waals surface area contributed by atoms with Gasteiger partial charge in [-0.1, -0.05) is 18.6 Å². The van der Waals surface area contributed by atoms with Crippen molar-refractivity contribution in [2.24, 2.45) is 0 Å². The lowest BCUT2D eigenvalue weighted by atomic mass is 10.1. The predicted octanol–water partition coefficient (Wildman–Crippen LogP) is 3.18. The highest BCUT2D eigenvalue weighted by Gasteiger charge is 2.29. The van der Waals surface area contributed by atoms with E-state index >= 15 is 0 Å². The molecule has 1 aromatic carbocycles. The van der Waals surface area contributed by atoms with Gasteiger partial charge in [-0.15, -0.1) is 5.10 Å². The Morgan fingerprint density at radius 2 is 1.96 bits per heavy atom.